The zero-order valence-corrected chi connectivity index (χ0v) is 12.3. The number of aromatic nitrogens is 1. The average Bonchev–Trinajstić information content (AvgIpc) is 2.80. The maximum absolute atomic E-state index is 6.18. The van der Waals surface area contributed by atoms with Gasteiger partial charge in [0.1, 0.15) is 0 Å². The van der Waals surface area contributed by atoms with Gasteiger partial charge >= 0.3 is 0 Å². The predicted molar refractivity (Wildman–Crippen MR) is 79.5 cm³/mol. The third-order valence-electron chi connectivity index (χ3n) is 2.74. The number of thiazole rings is 1. The van der Waals surface area contributed by atoms with Crippen LogP contribution in [0.3, 0.4) is 0 Å². The van der Waals surface area contributed by atoms with Gasteiger partial charge in [-0.3, -0.25) is 0 Å². The Morgan fingerprint density at radius 3 is 2.89 bits per heavy atom. The molecule has 96 valence electrons. The van der Waals surface area contributed by atoms with E-state index in [-0.39, 0.29) is 6.04 Å². The lowest BCUT2D eigenvalue weighted by Crippen LogP contribution is -2.21. The van der Waals surface area contributed by atoms with E-state index < -0.39 is 0 Å². The molecule has 5 heteroatoms. The van der Waals surface area contributed by atoms with Crippen molar-refractivity contribution >= 4 is 34.5 Å². The summed E-state index contributed by atoms with van der Waals surface area (Å²) in [6.45, 7) is 2.08. The number of halogens is 2. The highest BCUT2D eigenvalue weighted by Crippen LogP contribution is 2.33. The minimum atomic E-state index is 0.166. The Balaban J connectivity index is 2.27. The molecule has 0 spiro atoms. The number of benzene rings is 1. The Morgan fingerprint density at radius 1 is 1.39 bits per heavy atom. The quantitative estimate of drug-likeness (QED) is 0.909. The van der Waals surface area contributed by atoms with Crippen LogP contribution in [0, 0.1) is 0 Å². The second-order valence-corrected chi connectivity index (χ2v) is 5.83. The van der Waals surface area contributed by atoms with E-state index in [9.17, 15) is 0 Å². The molecule has 1 aromatic heterocycles. The number of nitrogens with two attached hydrogens (primary N) is 1. The summed E-state index contributed by atoms with van der Waals surface area (Å²) in [5, 5.41) is 4.13. The minimum absolute atomic E-state index is 0.166. The topological polar surface area (TPSA) is 38.9 Å². The molecule has 0 radical (unpaired) electrons. The van der Waals surface area contributed by atoms with Gasteiger partial charge in [-0.2, -0.15) is 0 Å². The second kappa shape index (κ2) is 6.02. The van der Waals surface area contributed by atoms with Crippen molar-refractivity contribution in [2.75, 3.05) is 0 Å². The number of hydrogen-bond acceptors (Lipinski definition) is 3. The molecule has 0 saturated carbocycles. The lowest BCUT2D eigenvalue weighted by atomic mass is 10.1. The molecule has 0 aliphatic carbocycles. The molecule has 1 unspecified atom stereocenters. The maximum Gasteiger partial charge on any atom is 0.0948 e. The molecule has 0 aliphatic heterocycles. The molecule has 1 aromatic carbocycles. The summed E-state index contributed by atoms with van der Waals surface area (Å²) in [5.41, 5.74) is 7.66. The Labute approximate surface area is 121 Å². The third-order valence-corrected chi connectivity index (χ3v) is 4.43. The first-order chi connectivity index (χ1) is 8.61. The summed E-state index contributed by atoms with van der Waals surface area (Å²) >= 11 is 13.8. The van der Waals surface area contributed by atoms with Crippen LogP contribution in [0.15, 0.2) is 23.6 Å². The maximum atomic E-state index is 6.18. The zero-order chi connectivity index (χ0) is 13.1. The van der Waals surface area contributed by atoms with Crippen LogP contribution in [0.5, 0.6) is 0 Å². The second-order valence-electron chi connectivity index (χ2n) is 4.10. The Bertz CT molecular complexity index is 540. The Morgan fingerprint density at radius 2 is 2.17 bits per heavy atom. The van der Waals surface area contributed by atoms with Crippen molar-refractivity contribution in [1.82, 2.24) is 4.98 Å². The average molecular weight is 301 g/mol. The summed E-state index contributed by atoms with van der Waals surface area (Å²) in [5.74, 6) is 0. The lowest BCUT2D eigenvalue weighted by molar-refractivity contribution is 0.644. The third kappa shape index (κ3) is 3.04. The van der Waals surface area contributed by atoms with Gasteiger partial charge in [0, 0.05) is 23.4 Å². The standard InChI is InChI=1S/C13H14Cl2N2S/c1-2-8(16)6-12-17-11(7-18-12)9-4-3-5-10(14)13(9)15/h3-5,7-8H,2,6,16H2,1H3. The first-order valence-electron chi connectivity index (χ1n) is 5.76. The van der Waals surface area contributed by atoms with Crippen molar-refractivity contribution < 1.29 is 0 Å². The van der Waals surface area contributed by atoms with E-state index in [1.807, 2.05) is 17.5 Å². The molecular weight excluding hydrogens is 287 g/mol. The van der Waals surface area contributed by atoms with Gasteiger partial charge < -0.3 is 5.73 Å². The van der Waals surface area contributed by atoms with E-state index in [4.69, 9.17) is 28.9 Å². The van der Waals surface area contributed by atoms with Crippen LogP contribution in [0.2, 0.25) is 10.0 Å². The highest BCUT2D eigenvalue weighted by molar-refractivity contribution is 7.10. The van der Waals surface area contributed by atoms with E-state index in [1.165, 1.54) is 0 Å². The van der Waals surface area contributed by atoms with E-state index >= 15 is 0 Å². The molecule has 0 saturated heterocycles. The zero-order valence-electron chi connectivity index (χ0n) is 9.99. The SMILES string of the molecule is CCC(N)Cc1nc(-c2cccc(Cl)c2Cl)cs1. The predicted octanol–water partition coefficient (Wildman–Crippen LogP) is 4.40. The van der Waals surface area contributed by atoms with Crippen LogP contribution in [0.4, 0.5) is 0 Å². The summed E-state index contributed by atoms with van der Waals surface area (Å²) in [6.07, 6.45) is 1.76. The molecule has 0 fully saturated rings. The van der Waals surface area contributed by atoms with Crippen molar-refractivity contribution in [3.05, 3.63) is 38.6 Å². The monoisotopic (exact) mass is 300 g/mol. The first-order valence-corrected chi connectivity index (χ1v) is 7.39. The highest BCUT2D eigenvalue weighted by Gasteiger charge is 2.11. The molecule has 0 amide bonds. The van der Waals surface area contributed by atoms with Crippen LogP contribution in [-0.4, -0.2) is 11.0 Å². The summed E-state index contributed by atoms with van der Waals surface area (Å²) in [6, 6.07) is 5.74. The van der Waals surface area contributed by atoms with Gasteiger partial charge in [-0.25, -0.2) is 4.98 Å². The van der Waals surface area contributed by atoms with Crippen molar-refractivity contribution in [2.45, 2.75) is 25.8 Å². The molecule has 2 N–H and O–H groups in total. The van der Waals surface area contributed by atoms with Crippen LogP contribution < -0.4 is 5.73 Å². The van der Waals surface area contributed by atoms with E-state index in [0.29, 0.717) is 10.0 Å². The van der Waals surface area contributed by atoms with Crippen LogP contribution in [0.1, 0.15) is 18.4 Å². The lowest BCUT2D eigenvalue weighted by Gasteiger charge is -2.05. The summed E-state index contributed by atoms with van der Waals surface area (Å²) < 4.78 is 0. The fourth-order valence-electron chi connectivity index (χ4n) is 1.60. The summed E-state index contributed by atoms with van der Waals surface area (Å²) in [7, 11) is 0. The first kappa shape index (κ1) is 13.8. The number of rotatable bonds is 4. The van der Waals surface area contributed by atoms with Gasteiger partial charge in [-0.15, -0.1) is 11.3 Å². The van der Waals surface area contributed by atoms with Crippen molar-refractivity contribution in [2.24, 2.45) is 5.73 Å². The van der Waals surface area contributed by atoms with E-state index in [1.54, 1.807) is 17.4 Å². The van der Waals surface area contributed by atoms with Crippen LogP contribution in [-0.2, 0) is 6.42 Å². The Kier molecular flexibility index (Phi) is 4.62. The molecular formula is C13H14Cl2N2S. The van der Waals surface area contributed by atoms with Crippen molar-refractivity contribution in [1.29, 1.82) is 0 Å². The molecule has 2 aromatic rings. The molecule has 0 bridgehead atoms. The molecule has 2 rings (SSSR count). The van der Waals surface area contributed by atoms with Gasteiger partial charge in [-0.1, -0.05) is 42.3 Å². The largest absolute Gasteiger partial charge is 0.327 e. The normalized spacial score (nSPS) is 12.7. The van der Waals surface area contributed by atoms with Gasteiger partial charge in [0.2, 0.25) is 0 Å². The summed E-state index contributed by atoms with van der Waals surface area (Å²) in [4.78, 5) is 4.57. The fraction of sp³-hybridized carbons (Fsp3) is 0.308. The smallest absolute Gasteiger partial charge is 0.0948 e. The minimum Gasteiger partial charge on any atom is -0.327 e. The number of nitrogens with zero attached hydrogens (tertiary/aromatic N) is 1. The Hall–Kier alpha value is -0.610. The highest BCUT2D eigenvalue weighted by atomic mass is 35.5. The van der Waals surface area contributed by atoms with Crippen molar-refractivity contribution in [3.8, 4) is 11.3 Å². The molecule has 0 aliphatic rings. The number of hydrogen-bond donors (Lipinski definition) is 1. The van der Waals surface area contributed by atoms with Crippen LogP contribution >= 0.6 is 34.5 Å². The molecule has 18 heavy (non-hydrogen) atoms. The van der Waals surface area contributed by atoms with Crippen LogP contribution in [0.25, 0.3) is 11.3 Å². The van der Waals surface area contributed by atoms with E-state index in [0.717, 1.165) is 29.1 Å². The van der Waals surface area contributed by atoms with Gasteiger partial charge in [0.05, 0.1) is 20.7 Å². The fourth-order valence-corrected chi connectivity index (χ4v) is 2.88. The van der Waals surface area contributed by atoms with Gasteiger partial charge in [0.15, 0.2) is 0 Å². The molecule has 2 nitrogen and oxygen atoms in total. The van der Waals surface area contributed by atoms with Gasteiger partial charge in [-0.05, 0) is 12.5 Å². The molecule has 1 atom stereocenters. The molecule has 1 heterocycles. The van der Waals surface area contributed by atoms with E-state index in [2.05, 4.69) is 11.9 Å². The van der Waals surface area contributed by atoms with Gasteiger partial charge in [0.25, 0.3) is 0 Å². The van der Waals surface area contributed by atoms with Crippen molar-refractivity contribution in [3.63, 3.8) is 0 Å².